The first kappa shape index (κ1) is 14.9. The molecule has 1 aliphatic heterocycles. The van der Waals surface area contributed by atoms with Crippen LogP contribution in [0.4, 0.5) is 13.2 Å². The van der Waals surface area contributed by atoms with E-state index >= 15 is 0 Å². The average molecular weight is 309 g/mol. The molecule has 0 radical (unpaired) electrons. The third kappa shape index (κ3) is 4.50. The van der Waals surface area contributed by atoms with Crippen LogP contribution in [-0.4, -0.2) is 28.9 Å². The van der Waals surface area contributed by atoms with Crippen LogP contribution in [-0.2, 0) is 0 Å². The normalized spacial score (nSPS) is 22.0. The van der Waals surface area contributed by atoms with Crippen molar-refractivity contribution in [2.24, 2.45) is 5.73 Å². The van der Waals surface area contributed by atoms with Crippen molar-refractivity contribution >= 4 is 23.5 Å². The number of halogens is 3. The first-order valence-electron chi connectivity index (χ1n) is 5.76. The van der Waals surface area contributed by atoms with E-state index in [1.807, 2.05) is 11.8 Å². The maximum atomic E-state index is 12.2. The van der Waals surface area contributed by atoms with Crippen molar-refractivity contribution in [3.8, 4) is 5.75 Å². The Kier molecular flexibility index (Phi) is 4.92. The van der Waals surface area contributed by atoms with Gasteiger partial charge in [0, 0.05) is 28.6 Å². The maximum Gasteiger partial charge on any atom is 0.573 e. The molecule has 2 nitrogen and oxygen atoms in total. The first-order chi connectivity index (χ1) is 8.96. The smallest absolute Gasteiger partial charge is 0.406 e. The molecule has 1 aromatic carbocycles. The molecular formula is C12H14F3NOS2. The highest BCUT2D eigenvalue weighted by Gasteiger charge is 2.31. The van der Waals surface area contributed by atoms with Gasteiger partial charge in [-0.25, -0.2) is 0 Å². The zero-order valence-electron chi connectivity index (χ0n) is 10.0. The molecule has 0 saturated carbocycles. The summed E-state index contributed by atoms with van der Waals surface area (Å²) in [6.45, 7) is 0. The fourth-order valence-corrected chi connectivity index (χ4v) is 4.65. The van der Waals surface area contributed by atoms with E-state index in [0.717, 1.165) is 17.3 Å². The minimum atomic E-state index is -4.67. The van der Waals surface area contributed by atoms with E-state index in [0.29, 0.717) is 5.56 Å². The Morgan fingerprint density at radius 1 is 1.32 bits per heavy atom. The van der Waals surface area contributed by atoms with Crippen LogP contribution in [0, 0.1) is 0 Å². The van der Waals surface area contributed by atoms with Crippen LogP contribution >= 0.6 is 23.5 Å². The van der Waals surface area contributed by atoms with Gasteiger partial charge in [0.1, 0.15) is 5.75 Å². The molecule has 19 heavy (non-hydrogen) atoms. The number of alkyl halides is 3. The second kappa shape index (κ2) is 6.28. The lowest BCUT2D eigenvalue weighted by molar-refractivity contribution is -0.274. The molecule has 1 aliphatic rings. The largest absolute Gasteiger partial charge is 0.573 e. The summed E-state index contributed by atoms with van der Waals surface area (Å²) >= 11 is 3.60. The minimum absolute atomic E-state index is 0.214. The van der Waals surface area contributed by atoms with E-state index in [1.165, 1.54) is 18.2 Å². The van der Waals surface area contributed by atoms with Crippen molar-refractivity contribution in [1.82, 2.24) is 0 Å². The molecule has 1 fully saturated rings. The Labute approximate surface area is 118 Å². The molecule has 106 valence electrons. The summed E-state index contributed by atoms with van der Waals surface area (Å²) < 4.78 is 40.4. The lowest BCUT2D eigenvalue weighted by Crippen LogP contribution is -2.28. The Morgan fingerprint density at radius 3 is 2.74 bits per heavy atom. The third-order valence-electron chi connectivity index (χ3n) is 2.72. The zero-order valence-corrected chi connectivity index (χ0v) is 11.7. The van der Waals surface area contributed by atoms with Crippen LogP contribution in [0.2, 0.25) is 0 Å². The predicted octanol–water partition coefficient (Wildman–Crippen LogP) is 3.43. The SMILES string of the molecule is NC(c1cccc(OC(F)(F)F)c1)C1CSCCS1. The average Bonchev–Trinajstić information content (AvgIpc) is 2.37. The van der Waals surface area contributed by atoms with Gasteiger partial charge in [0.25, 0.3) is 0 Å². The van der Waals surface area contributed by atoms with Gasteiger partial charge < -0.3 is 10.5 Å². The van der Waals surface area contributed by atoms with Gasteiger partial charge in [-0.05, 0) is 17.7 Å². The predicted molar refractivity (Wildman–Crippen MR) is 73.6 cm³/mol. The monoisotopic (exact) mass is 309 g/mol. The summed E-state index contributed by atoms with van der Waals surface area (Å²) in [5.41, 5.74) is 6.81. The van der Waals surface area contributed by atoms with Gasteiger partial charge in [-0.15, -0.1) is 13.2 Å². The number of hydrogen-bond donors (Lipinski definition) is 1. The summed E-state index contributed by atoms with van der Waals surface area (Å²) in [7, 11) is 0. The Balaban J connectivity index is 2.09. The lowest BCUT2D eigenvalue weighted by Gasteiger charge is -2.27. The van der Waals surface area contributed by atoms with Crippen LogP contribution < -0.4 is 10.5 Å². The van der Waals surface area contributed by atoms with E-state index in [1.54, 1.807) is 17.8 Å². The Bertz CT molecular complexity index is 422. The topological polar surface area (TPSA) is 35.2 Å². The van der Waals surface area contributed by atoms with Crippen LogP contribution in [0.15, 0.2) is 24.3 Å². The Morgan fingerprint density at radius 2 is 2.11 bits per heavy atom. The highest BCUT2D eigenvalue weighted by atomic mass is 32.2. The number of thioether (sulfide) groups is 2. The molecule has 0 aliphatic carbocycles. The standard InChI is InChI=1S/C12H14F3NOS2/c13-12(14,15)17-9-3-1-2-8(6-9)11(16)10-7-18-4-5-19-10/h1-3,6,10-11H,4-5,7,16H2. The number of rotatable bonds is 3. The van der Waals surface area contributed by atoms with Crippen LogP contribution in [0.25, 0.3) is 0 Å². The second-order valence-corrected chi connectivity index (χ2v) is 6.63. The van der Waals surface area contributed by atoms with Gasteiger partial charge >= 0.3 is 6.36 Å². The highest BCUT2D eigenvalue weighted by molar-refractivity contribution is 8.06. The van der Waals surface area contributed by atoms with Crippen molar-refractivity contribution in [2.45, 2.75) is 17.7 Å². The summed E-state index contributed by atoms with van der Waals surface area (Å²) in [5, 5.41) is 0.236. The number of ether oxygens (including phenoxy) is 1. The van der Waals surface area contributed by atoms with Gasteiger partial charge in [0.15, 0.2) is 0 Å². The second-order valence-electron chi connectivity index (χ2n) is 4.13. The minimum Gasteiger partial charge on any atom is -0.406 e. The van der Waals surface area contributed by atoms with E-state index in [2.05, 4.69) is 4.74 Å². The van der Waals surface area contributed by atoms with Crippen LogP contribution in [0.5, 0.6) is 5.75 Å². The highest BCUT2D eigenvalue weighted by Crippen LogP contribution is 2.33. The van der Waals surface area contributed by atoms with Crippen LogP contribution in [0.1, 0.15) is 11.6 Å². The molecule has 0 bridgehead atoms. The molecule has 0 aromatic heterocycles. The summed E-state index contributed by atoms with van der Waals surface area (Å²) in [5.74, 6) is 2.84. The zero-order chi connectivity index (χ0) is 13.9. The van der Waals surface area contributed by atoms with E-state index < -0.39 is 6.36 Å². The summed E-state index contributed by atoms with van der Waals surface area (Å²) in [6, 6.07) is 5.67. The fourth-order valence-electron chi connectivity index (χ4n) is 1.85. The molecule has 1 saturated heterocycles. The van der Waals surface area contributed by atoms with E-state index in [4.69, 9.17) is 5.73 Å². The summed E-state index contributed by atoms with van der Waals surface area (Å²) in [4.78, 5) is 0. The van der Waals surface area contributed by atoms with Crippen molar-refractivity contribution in [3.05, 3.63) is 29.8 Å². The van der Waals surface area contributed by atoms with Gasteiger partial charge in [0.2, 0.25) is 0 Å². The van der Waals surface area contributed by atoms with Crippen molar-refractivity contribution < 1.29 is 17.9 Å². The van der Waals surface area contributed by atoms with Crippen molar-refractivity contribution in [2.75, 3.05) is 17.3 Å². The van der Waals surface area contributed by atoms with Crippen molar-refractivity contribution in [1.29, 1.82) is 0 Å². The van der Waals surface area contributed by atoms with Gasteiger partial charge in [0.05, 0.1) is 0 Å². The molecule has 0 amide bonds. The number of nitrogens with two attached hydrogens (primary N) is 1. The number of benzene rings is 1. The molecule has 1 heterocycles. The van der Waals surface area contributed by atoms with E-state index in [9.17, 15) is 13.2 Å². The lowest BCUT2D eigenvalue weighted by atomic mass is 10.1. The van der Waals surface area contributed by atoms with E-state index in [-0.39, 0.29) is 17.0 Å². The van der Waals surface area contributed by atoms with Gasteiger partial charge in [-0.3, -0.25) is 0 Å². The molecule has 7 heteroatoms. The molecule has 2 atom stereocenters. The summed E-state index contributed by atoms with van der Waals surface area (Å²) in [6.07, 6.45) is -4.67. The molecule has 0 spiro atoms. The molecule has 2 unspecified atom stereocenters. The number of hydrogen-bond acceptors (Lipinski definition) is 4. The van der Waals surface area contributed by atoms with Gasteiger partial charge in [-0.1, -0.05) is 12.1 Å². The fraction of sp³-hybridized carbons (Fsp3) is 0.500. The molecule has 2 rings (SSSR count). The third-order valence-corrected chi connectivity index (χ3v) is 5.60. The molecule has 1 aromatic rings. The maximum absolute atomic E-state index is 12.2. The van der Waals surface area contributed by atoms with Crippen molar-refractivity contribution in [3.63, 3.8) is 0 Å². The Hall–Kier alpha value is -0.530. The first-order valence-corrected chi connectivity index (χ1v) is 7.97. The van der Waals surface area contributed by atoms with Gasteiger partial charge in [-0.2, -0.15) is 23.5 Å². The van der Waals surface area contributed by atoms with Crippen LogP contribution in [0.3, 0.4) is 0 Å². The quantitative estimate of drug-likeness (QED) is 0.928. The molecular weight excluding hydrogens is 295 g/mol. The molecule has 2 N–H and O–H groups in total.